The van der Waals surface area contributed by atoms with Gasteiger partial charge in [-0.1, -0.05) is 13.8 Å². The van der Waals surface area contributed by atoms with Crippen molar-refractivity contribution in [3.63, 3.8) is 0 Å². The predicted octanol–water partition coefficient (Wildman–Crippen LogP) is 1.39. The average molecular weight is 230 g/mol. The van der Waals surface area contributed by atoms with E-state index in [0.29, 0.717) is 12.5 Å². The van der Waals surface area contributed by atoms with Crippen molar-refractivity contribution in [1.29, 1.82) is 0 Å². The van der Waals surface area contributed by atoms with Gasteiger partial charge < -0.3 is 15.3 Å². The first-order chi connectivity index (χ1) is 7.25. The highest BCUT2D eigenvalue weighted by Crippen LogP contribution is 2.03. The molecule has 0 heterocycles. The molecule has 0 radical (unpaired) electrons. The molecule has 0 aromatic heterocycles. The Bertz CT molecular complexity index is 254. The van der Waals surface area contributed by atoms with E-state index in [9.17, 15) is 9.59 Å². The Kier molecular flexibility index (Phi) is 5.85. The van der Waals surface area contributed by atoms with Crippen molar-refractivity contribution in [3.8, 4) is 0 Å². The van der Waals surface area contributed by atoms with Crippen LogP contribution in [-0.4, -0.2) is 41.6 Å². The van der Waals surface area contributed by atoms with Crippen molar-refractivity contribution in [2.24, 2.45) is 11.8 Å². The minimum absolute atomic E-state index is 0.228. The lowest BCUT2D eigenvalue weighted by Crippen LogP contribution is -2.46. The zero-order valence-corrected chi connectivity index (χ0v) is 10.7. The maximum atomic E-state index is 11.6. The molecule has 2 amide bonds. The minimum Gasteiger partial charge on any atom is -0.481 e. The van der Waals surface area contributed by atoms with Gasteiger partial charge in [-0.15, -0.1) is 0 Å². The highest BCUT2D eigenvalue weighted by Gasteiger charge is 2.22. The second-order valence-electron chi connectivity index (χ2n) is 4.64. The van der Waals surface area contributed by atoms with Crippen LogP contribution in [0.25, 0.3) is 0 Å². The molecule has 16 heavy (non-hydrogen) atoms. The van der Waals surface area contributed by atoms with Gasteiger partial charge >= 0.3 is 12.0 Å². The first-order valence-corrected chi connectivity index (χ1v) is 5.50. The van der Waals surface area contributed by atoms with Crippen molar-refractivity contribution in [3.05, 3.63) is 0 Å². The van der Waals surface area contributed by atoms with Gasteiger partial charge in [-0.3, -0.25) is 4.79 Å². The van der Waals surface area contributed by atoms with Crippen LogP contribution < -0.4 is 5.32 Å². The van der Waals surface area contributed by atoms with Crippen LogP contribution in [0.4, 0.5) is 4.79 Å². The summed E-state index contributed by atoms with van der Waals surface area (Å²) in [7, 11) is 1.70. The Morgan fingerprint density at radius 1 is 1.25 bits per heavy atom. The molecule has 0 fully saturated rings. The fraction of sp³-hybridized carbons (Fsp3) is 0.818. The van der Waals surface area contributed by atoms with Crippen molar-refractivity contribution in [2.75, 3.05) is 13.6 Å². The van der Waals surface area contributed by atoms with Crippen LogP contribution in [0.1, 0.15) is 27.7 Å². The number of hydrogen-bond acceptors (Lipinski definition) is 2. The quantitative estimate of drug-likeness (QED) is 0.750. The summed E-state index contributed by atoms with van der Waals surface area (Å²) in [6.07, 6.45) is 0. The Morgan fingerprint density at radius 3 is 2.12 bits per heavy atom. The summed E-state index contributed by atoms with van der Waals surface area (Å²) in [6.45, 7) is 7.97. The number of nitrogens with one attached hydrogen (secondary N) is 1. The SMILES string of the molecule is CC(C)CN(C)C(=O)NC(C)C(C)C(=O)O. The lowest BCUT2D eigenvalue weighted by atomic mass is 10.0. The number of nitrogens with zero attached hydrogens (tertiary/aromatic N) is 1. The molecule has 0 bridgehead atoms. The van der Waals surface area contributed by atoms with Gasteiger partial charge in [0.25, 0.3) is 0 Å². The zero-order valence-electron chi connectivity index (χ0n) is 10.7. The fourth-order valence-corrected chi connectivity index (χ4v) is 1.27. The summed E-state index contributed by atoms with van der Waals surface area (Å²) in [6, 6.07) is -0.603. The monoisotopic (exact) mass is 230 g/mol. The molecule has 2 unspecified atom stereocenters. The molecule has 0 aromatic carbocycles. The molecular formula is C11H22N2O3. The third kappa shape index (κ3) is 5.00. The van der Waals surface area contributed by atoms with E-state index in [1.807, 2.05) is 13.8 Å². The van der Waals surface area contributed by atoms with Crippen molar-refractivity contribution >= 4 is 12.0 Å². The zero-order chi connectivity index (χ0) is 12.9. The maximum Gasteiger partial charge on any atom is 0.317 e. The van der Waals surface area contributed by atoms with Crippen LogP contribution in [-0.2, 0) is 4.79 Å². The van der Waals surface area contributed by atoms with Crippen LogP contribution in [0.2, 0.25) is 0 Å². The standard InChI is InChI=1S/C11H22N2O3/c1-7(2)6-13(5)11(16)12-9(4)8(3)10(14)15/h7-9H,6H2,1-5H3,(H,12,16)(H,14,15). The topological polar surface area (TPSA) is 69.6 Å². The van der Waals surface area contributed by atoms with Crippen molar-refractivity contribution < 1.29 is 14.7 Å². The Morgan fingerprint density at radius 2 is 1.75 bits per heavy atom. The molecule has 0 aliphatic carbocycles. The number of aliphatic carboxylic acids is 1. The maximum absolute atomic E-state index is 11.6. The smallest absolute Gasteiger partial charge is 0.317 e. The number of carboxylic acids is 1. The number of hydrogen-bond donors (Lipinski definition) is 2. The predicted molar refractivity (Wildman–Crippen MR) is 62.3 cm³/mol. The lowest BCUT2D eigenvalue weighted by Gasteiger charge is -2.24. The molecule has 0 aliphatic rings. The lowest BCUT2D eigenvalue weighted by molar-refractivity contribution is -0.141. The highest BCUT2D eigenvalue weighted by molar-refractivity contribution is 5.76. The molecule has 94 valence electrons. The molecule has 0 spiro atoms. The van der Waals surface area contributed by atoms with E-state index >= 15 is 0 Å². The molecule has 2 atom stereocenters. The van der Waals surface area contributed by atoms with E-state index in [2.05, 4.69) is 5.32 Å². The van der Waals surface area contributed by atoms with Gasteiger partial charge in [0.15, 0.2) is 0 Å². The fourth-order valence-electron chi connectivity index (χ4n) is 1.27. The molecule has 2 N–H and O–H groups in total. The summed E-state index contributed by atoms with van der Waals surface area (Å²) in [5.41, 5.74) is 0. The van der Waals surface area contributed by atoms with Crippen LogP contribution >= 0.6 is 0 Å². The molecule has 0 aliphatic heterocycles. The summed E-state index contributed by atoms with van der Waals surface area (Å²) >= 11 is 0. The third-order valence-electron chi connectivity index (χ3n) is 2.48. The van der Waals surface area contributed by atoms with Gasteiger partial charge in [0.05, 0.1) is 5.92 Å². The van der Waals surface area contributed by atoms with E-state index in [0.717, 1.165) is 0 Å². The summed E-state index contributed by atoms with van der Waals surface area (Å²) in [5, 5.41) is 11.5. The van der Waals surface area contributed by atoms with E-state index in [4.69, 9.17) is 5.11 Å². The van der Waals surface area contributed by atoms with E-state index in [-0.39, 0.29) is 12.1 Å². The van der Waals surface area contributed by atoms with E-state index < -0.39 is 11.9 Å². The number of carbonyl (C=O) groups is 2. The Labute approximate surface area is 96.8 Å². The van der Waals surface area contributed by atoms with Gasteiger partial charge in [-0.05, 0) is 19.8 Å². The molecular weight excluding hydrogens is 208 g/mol. The van der Waals surface area contributed by atoms with Gasteiger partial charge in [0.1, 0.15) is 0 Å². The first kappa shape index (κ1) is 14.7. The van der Waals surface area contributed by atoms with Gasteiger partial charge in [-0.2, -0.15) is 0 Å². The van der Waals surface area contributed by atoms with Crippen LogP contribution in [0.5, 0.6) is 0 Å². The minimum atomic E-state index is -0.903. The number of amides is 2. The van der Waals surface area contributed by atoms with Crippen molar-refractivity contribution in [1.82, 2.24) is 10.2 Å². The average Bonchev–Trinajstić information content (AvgIpc) is 2.14. The number of carboxylic acid groups (broad SMARTS) is 1. The highest BCUT2D eigenvalue weighted by atomic mass is 16.4. The molecule has 0 saturated heterocycles. The van der Waals surface area contributed by atoms with Crippen molar-refractivity contribution in [2.45, 2.75) is 33.7 Å². The second-order valence-corrected chi connectivity index (χ2v) is 4.64. The molecule has 0 saturated carbocycles. The van der Waals surface area contributed by atoms with Gasteiger partial charge in [0, 0.05) is 19.6 Å². The first-order valence-electron chi connectivity index (χ1n) is 5.50. The summed E-state index contributed by atoms with van der Waals surface area (Å²) < 4.78 is 0. The van der Waals surface area contributed by atoms with Crippen LogP contribution in [0, 0.1) is 11.8 Å². The molecule has 5 nitrogen and oxygen atoms in total. The van der Waals surface area contributed by atoms with Crippen LogP contribution in [0.15, 0.2) is 0 Å². The van der Waals surface area contributed by atoms with Gasteiger partial charge in [0.2, 0.25) is 0 Å². The third-order valence-corrected chi connectivity index (χ3v) is 2.48. The van der Waals surface area contributed by atoms with E-state index in [1.165, 1.54) is 0 Å². The number of rotatable bonds is 5. The normalized spacial score (nSPS) is 14.4. The molecule has 5 heteroatoms. The Hall–Kier alpha value is -1.26. The molecule has 0 aromatic rings. The van der Waals surface area contributed by atoms with E-state index in [1.54, 1.807) is 25.8 Å². The second kappa shape index (κ2) is 6.35. The molecule has 0 rings (SSSR count). The largest absolute Gasteiger partial charge is 0.481 e. The number of urea groups is 1. The Balaban J connectivity index is 4.18. The van der Waals surface area contributed by atoms with Crippen LogP contribution in [0.3, 0.4) is 0 Å². The number of carbonyl (C=O) groups excluding carboxylic acids is 1. The summed E-state index contributed by atoms with van der Waals surface area (Å²) in [4.78, 5) is 23.9. The van der Waals surface area contributed by atoms with Gasteiger partial charge in [-0.25, -0.2) is 4.79 Å². The summed E-state index contributed by atoms with van der Waals surface area (Å²) in [5.74, 6) is -1.10.